The molecule has 2 aromatic rings. The Hall–Kier alpha value is -2.29. The number of hydrogen-bond donors (Lipinski definition) is 2. The standard InChI is InChI=1S/C24H33N5O.HI/c1-20(13-14-21-9-5-3-6-10-21)27-24(25-2)26-19-23(30)29-17-15-28(16-18-29)22-11-7-4-8-12-22;/h3-12,20H,13-19H2,1-2H3,(H2,25,26,27);1H. The van der Waals surface area contributed by atoms with Crippen molar-refractivity contribution in [1.29, 1.82) is 0 Å². The van der Waals surface area contributed by atoms with E-state index in [2.05, 4.69) is 76.0 Å². The molecule has 0 spiro atoms. The lowest BCUT2D eigenvalue weighted by Crippen LogP contribution is -2.52. The minimum atomic E-state index is 0. The van der Waals surface area contributed by atoms with Crippen molar-refractivity contribution >= 4 is 41.5 Å². The molecule has 0 saturated carbocycles. The average molecular weight is 535 g/mol. The predicted octanol–water partition coefficient (Wildman–Crippen LogP) is 3.14. The maximum atomic E-state index is 12.6. The van der Waals surface area contributed by atoms with Crippen LogP contribution in [-0.4, -0.2) is 62.6 Å². The Labute approximate surface area is 203 Å². The van der Waals surface area contributed by atoms with Gasteiger partial charge in [-0.1, -0.05) is 48.5 Å². The van der Waals surface area contributed by atoms with Gasteiger partial charge < -0.3 is 20.4 Å². The number of carbonyl (C=O) groups is 1. The van der Waals surface area contributed by atoms with E-state index in [1.54, 1.807) is 7.05 Å². The first-order valence-electron chi connectivity index (χ1n) is 10.7. The van der Waals surface area contributed by atoms with Crippen LogP contribution in [0.5, 0.6) is 0 Å². The number of benzene rings is 2. The smallest absolute Gasteiger partial charge is 0.242 e. The first kappa shape index (κ1) is 25.0. The molecule has 0 radical (unpaired) electrons. The number of aryl methyl sites for hydroxylation is 1. The van der Waals surface area contributed by atoms with Crippen molar-refractivity contribution in [3.05, 3.63) is 66.2 Å². The molecule has 1 amide bonds. The molecule has 2 aromatic carbocycles. The normalized spacial score (nSPS) is 15.1. The van der Waals surface area contributed by atoms with Gasteiger partial charge >= 0.3 is 0 Å². The van der Waals surface area contributed by atoms with Crippen LogP contribution in [0.25, 0.3) is 0 Å². The van der Waals surface area contributed by atoms with Crippen LogP contribution in [0.3, 0.4) is 0 Å². The van der Waals surface area contributed by atoms with Crippen molar-refractivity contribution in [3.63, 3.8) is 0 Å². The van der Waals surface area contributed by atoms with E-state index in [-0.39, 0.29) is 42.5 Å². The number of aliphatic imine (C=N–C) groups is 1. The second-order valence-electron chi connectivity index (χ2n) is 7.70. The van der Waals surface area contributed by atoms with Crippen LogP contribution in [0.15, 0.2) is 65.7 Å². The number of nitrogens with one attached hydrogen (secondary N) is 2. The molecular weight excluding hydrogens is 501 g/mol. The summed E-state index contributed by atoms with van der Waals surface area (Å²) in [5.74, 6) is 0.787. The van der Waals surface area contributed by atoms with Crippen molar-refractivity contribution in [1.82, 2.24) is 15.5 Å². The highest BCUT2D eigenvalue weighted by atomic mass is 127. The third-order valence-electron chi connectivity index (χ3n) is 5.48. The number of carbonyl (C=O) groups excluding carboxylic acids is 1. The Kier molecular flexibility index (Phi) is 10.6. The Balaban J connectivity index is 0.00000341. The van der Waals surface area contributed by atoms with Crippen LogP contribution in [0.1, 0.15) is 18.9 Å². The summed E-state index contributed by atoms with van der Waals surface area (Å²) in [6.45, 7) is 5.61. The molecule has 1 fully saturated rings. The molecule has 7 heteroatoms. The van der Waals surface area contributed by atoms with Gasteiger partial charge in [-0.3, -0.25) is 9.79 Å². The van der Waals surface area contributed by atoms with Gasteiger partial charge in [0, 0.05) is 45.0 Å². The number of guanidine groups is 1. The molecule has 6 nitrogen and oxygen atoms in total. The minimum absolute atomic E-state index is 0. The average Bonchev–Trinajstić information content (AvgIpc) is 2.81. The summed E-state index contributed by atoms with van der Waals surface area (Å²) >= 11 is 0. The lowest BCUT2D eigenvalue weighted by Gasteiger charge is -2.36. The van der Waals surface area contributed by atoms with Crippen molar-refractivity contribution < 1.29 is 4.79 Å². The molecule has 1 heterocycles. The van der Waals surface area contributed by atoms with Crippen LogP contribution in [0.2, 0.25) is 0 Å². The summed E-state index contributed by atoms with van der Waals surface area (Å²) in [6, 6.07) is 21.1. The van der Waals surface area contributed by atoms with Crippen LogP contribution in [0, 0.1) is 0 Å². The second-order valence-corrected chi connectivity index (χ2v) is 7.70. The summed E-state index contributed by atoms with van der Waals surface area (Å²) in [5, 5.41) is 6.56. The quantitative estimate of drug-likeness (QED) is 0.325. The highest BCUT2D eigenvalue weighted by Crippen LogP contribution is 2.15. The van der Waals surface area contributed by atoms with Gasteiger partial charge in [-0.2, -0.15) is 0 Å². The Morgan fingerprint density at radius 2 is 1.61 bits per heavy atom. The summed E-state index contributed by atoms with van der Waals surface area (Å²) < 4.78 is 0. The van der Waals surface area contributed by atoms with Crippen LogP contribution in [0.4, 0.5) is 5.69 Å². The van der Waals surface area contributed by atoms with Crippen molar-refractivity contribution in [3.8, 4) is 0 Å². The maximum absolute atomic E-state index is 12.6. The fourth-order valence-corrected chi connectivity index (χ4v) is 3.65. The number of rotatable bonds is 7. The molecule has 1 aliphatic heterocycles. The molecule has 1 aliphatic rings. The summed E-state index contributed by atoms with van der Waals surface area (Å²) in [5.41, 5.74) is 2.55. The number of halogens is 1. The van der Waals surface area contributed by atoms with Crippen LogP contribution < -0.4 is 15.5 Å². The summed E-state index contributed by atoms with van der Waals surface area (Å²) in [7, 11) is 1.74. The molecule has 0 bridgehead atoms. The first-order chi connectivity index (χ1) is 14.7. The highest BCUT2D eigenvalue weighted by Gasteiger charge is 2.21. The fourth-order valence-electron chi connectivity index (χ4n) is 3.65. The van der Waals surface area contributed by atoms with Crippen LogP contribution >= 0.6 is 24.0 Å². The lowest BCUT2D eigenvalue weighted by molar-refractivity contribution is -0.130. The molecule has 0 aromatic heterocycles. The highest BCUT2D eigenvalue weighted by molar-refractivity contribution is 14.0. The Bertz CT molecular complexity index is 807. The number of anilines is 1. The minimum Gasteiger partial charge on any atom is -0.368 e. The summed E-state index contributed by atoms with van der Waals surface area (Å²) in [4.78, 5) is 21.1. The number of hydrogen-bond acceptors (Lipinski definition) is 3. The van der Waals surface area contributed by atoms with E-state index in [4.69, 9.17) is 0 Å². The number of para-hydroxylation sites is 1. The number of amides is 1. The second kappa shape index (κ2) is 13.2. The molecule has 2 N–H and O–H groups in total. The zero-order valence-electron chi connectivity index (χ0n) is 18.5. The van der Waals surface area contributed by atoms with Crippen molar-refractivity contribution in [2.24, 2.45) is 4.99 Å². The fraction of sp³-hybridized carbons (Fsp3) is 0.417. The predicted molar refractivity (Wildman–Crippen MR) is 139 cm³/mol. The van der Waals surface area contributed by atoms with E-state index in [1.165, 1.54) is 11.3 Å². The Morgan fingerprint density at radius 1 is 1.00 bits per heavy atom. The Morgan fingerprint density at radius 3 is 2.23 bits per heavy atom. The third-order valence-corrected chi connectivity index (χ3v) is 5.48. The molecular formula is C24H34IN5O. The van der Waals surface area contributed by atoms with E-state index in [9.17, 15) is 4.79 Å². The van der Waals surface area contributed by atoms with Gasteiger partial charge in [0.15, 0.2) is 5.96 Å². The van der Waals surface area contributed by atoms with Gasteiger partial charge in [0.2, 0.25) is 5.91 Å². The number of nitrogens with zero attached hydrogens (tertiary/aromatic N) is 3. The largest absolute Gasteiger partial charge is 0.368 e. The monoisotopic (exact) mass is 535 g/mol. The van der Waals surface area contributed by atoms with E-state index >= 15 is 0 Å². The van der Waals surface area contributed by atoms with Gasteiger partial charge in [0.1, 0.15) is 0 Å². The third kappa shape index (κ3) is 8.05. The van der Waals surface area contributed by atoms with Gasteiger partial charge in [-0.25, -0.2) is 0 Å². The van der Waals surface area contributed by atoms with Crippen molar-refractivity contribution in [2.45, 2.75) is 25.8 Å². The van der Waals surface area contributed by atoms with Gasteiger partial charge in [-0.15, -0.1) is 24.0 Å². The van der Waals surface area contributed by atoms with E-state index in [1.807, 2.05) is 17.0 Å². The zero-order chi connectivity index (χ0) is 21.2. The number of piperazine rings is 1. The SMILES string of the molecule is CN=C(NCC(=O)N1CCN(c2ccccc2)CC1)NC(C)CCc1ccccc1.I. The molecule has 168 valence electrons. The van der Waals surface area contributed by atoms with Gasteiger partial charge in [-0.05, 0) is 37.5 Å². The molecule has 1 atom stereocenters. The first-order valence-corrected chi connectivity index (χ1v) is 10.7. The molecule has 3 rings (SSSR count). The summed E-state index contributed by atoms with van der Waals surface area (Å²) in [6.07, 6.45) is 2.01. The molecule has 0 aliphatic carbocycles. The van der Waals surface area contributed by atoms with E-state index in [0.29, 0.717) is 5.96 Å². The van der Waals surface area contributed by atoms with Crippen LogP contribution in [-0.2, 0) is 11.2 Å². The topological polar surface area (TPSA) is 60.0 Å². The van der Waals surface area contributed by atoms with Gasteiger partial charge in [0.05, 0.1) is 6.54 Å². The van der Waals surface area contributed by atoms with E-state index < -0.39 is 0 Å². The molecule has 31 heavy (non-hydrogen) atoms. The zero-order valence-corrected chi connectivity index (χ0v) is 20.8. The maximum Gasteiger partial charge on any atom is 0.242 e. The molecule has 1 unspecified atom stereocenters. The van der Waals surface area contributed by atoms with E-state index in [0.717, 1.165) is 39.0 Å². The lowest BCUT2D eigenvalue weighted by atomic mass is 10.1. The molecule has 1 saturated heterocycles. The van der Waals surface area contributed by atoms with Crippen molar-refractivity contribution in [2.75, 3.05) is 44.7 Å². The van der Waals surface area contributed by atoms with Gasteiger partial charge in [0.25, 0.3) is 0 Å².